The summed E-state index contributed by atoms with van der Waals surface area (Å²) in [6.07, 6.45) is 3.49. The Balaban J connectivity index is 1.40. The van der Waals surface area contributed by atoms with Crippen molar-refractivity contribution in [3.63, 3.8) is 0 Å². The molecule has 0 aliphatic carbocycles. The minimum atomic E-state index is -0.424. The van der Waals surface area contributed by atoms with E-state index in [1.165, 1.54) is 16.0 Å². The number of aromatic nitrogens is 4. The molecule has 124 valence electrons. The lowest BCUT2D eigenvalue weighted by Crippen LogP contribution is -2.48. The summed E-state index contributed by atoms with van der Waals surface area (Å²) >= 11 is 1.50. The summed E-state index contributed by atoms with van der Waals surface area (Å²) in [4.78, 5) is 25.7. The number of rotatable bonds is 4. The molecule has 0 radical (unpaired) electrons. The third kappa shape index (κ3) is 3.08. The largest absolute Gasteiger partial charge is 0.438 e. The molecule has 0 unspecified atom stereocenters. The monoisotopic (exact) mass is 344 g/mol. The molecular formula is C15H16N6O2S. The smallest absolute Gasteiger partial charge is 0.387 e. The molecule has 0 bridgehead atoms. The molecular weight excluding hydrogens is 328 g/mol. The highest BCUT2D eigenvalue weighted by Crippen LogP contribution is 2.21. The highest BCUT2D eigenvalue weighted by atomic mass is 32.1. The lowest BCUT2D eigenvalue weighted by atomic mass is 10.3. The van der Waals surface area contributed by atoms with Gasteiger partial charge in [-0.25, -0.2) is 14.8 Å². The van der Waals surface area contributed by atoms with Gasteiger partial charge in [0.15, 0.2) is 0 Å². The first kappa shape index (κ1) is 15.0. The molecule has 3 aromatic rings. The van der Waals surface area contributed by atoms with E-state index in [0.717, 1.165) is 37.0 Å². The van der Waals surface area contributed by atoms with Gasteiger partial charge in [0.2, 0.25) is 5.95 Å². The molecule has 0 aromatic carbocycles. The summed E-state index contributed by atoms with van der Waals surface area (Å²) in [6.45, 7) is 3.68. The molecule has 0 atom stereocenters. The minimum Gasteiger partial charge on any atom is -0.387 e. The molecule has 1 saturated heterocycles. The summed E-state index contributed by atoms with van der Waals surface area (Å²) in [6, 6.07) is 5.60. The van der Waals surface area contributed by atoms with Crippen molar-refractivity contribution in [3.8, 4) is 10.8 Å². The van der Waals surface area contributed by atoms with Crippen LogP contribution in [0.2, 0.25) is 0 Å². The maximum absolute atomic E-state index is 12.0. The molecule has 4 rings (SSSR count). The molecule has 1 fully saturated rings. The van der Waals surface area contributed by atoms with Crippen LogP contribution in [0.25, 0.3) is 10.8 Å². The molecule has 8 nitrogen and oxygen atoms in total. The molecule has 1 aliphatic rings. The molecule has 1 aliphatic heterocycles. The molecule has 4 heterocycles. The highest BCUT2D eigenvalue weighted by molar-refractivity contribution is 7.13. The Labute approximate surface area is 142 Å². The number of hydrogen-bond donors (Lipinski definition) is 0. The zero-order valence-electron chi connectivity index (χ0n) is 12.9. The molecule has 0 saturated carbocycles. The van der Waals surface area contributed by atoms with Crippen molar-refractivity contribution in [2.24, 2.45) is 0 Å². The highest BCUT2D eigenvalue weighted by Gasteiger charge is 2.20. The zero-order chi connectivity index (χ0) is 16.4. The quantitative estimate of drug-likeness (QED) is 0.702. The number of nitrogens with zero attached hydrogens (tertiary/aromatic N) is 6. The number of piperazine rings is 1. The fourth-order valence-electron chi connectivity index (χ4n) is 2.63. The van der Waals surface area contributed by atoms with Crippen LogP contribution in [0.5, 0.6) is 0 Å². The van der Waals surface area contributed by atoms with Gasteiger partial charge in [0.25, 0.3) is 5.89 Å². The van der Waals surface area contributed by atoms with E-state index in [-0.39, 0.29) is 0 Å². The van der Waals surface area contributed by atoms with Gasteiger partial charge >= 0.3 is 5.76 Å². The van der Waals surface area contributed by atoms with Crippen LogP contribution in [0.15, 0.2) is 45.2 Å². The van der Waals surface area contributed by atoms with E-state index >= 15 is 0 Å². The van der Waals surface area contributed by atoms with Gasteiger partial charge in [-0.05, 0) is 17.5 Å². The van der Waals surface area contributed by atoms with Crippen molar-refractivity contribution in [2.45, 2.75) is 6.67 Å². The second-order valence-corrected chi connectivity index (χ2v) is 6.39. The van der Waals surface area contributed by atoms with Crippen molar-refractivity contribution in [1.29, 1.82) is 0 Å². The average Bonchev–Trinajstić information content (AvgIpc) is 3.27. The van der Waals surface area contributed by atoms with E-state index in [4.69, 9.17) is 4.42 Å². The van der Waals surface area contributed by atoms with Crippen LogP contribution >= 0.6 is 11.3 Å². The van der Waals surface area contributed by atoms with Crippen LogP contribution in [0.4, 0.5) is 5.95 Å². The standard InChI is InChI=1S/C15H16N6O2S/c22-15-21(18-13(23-15)12-3-1-10-24-12)11-19-6-8-20(9-7-19)14-16-4-2-5-17-14/h1-5,10H,6-9,11H2. The van der Waals surface area contributed by atoms with Crippen LogP contribution in [-0.2, 0) is 6.67 Å². The van der Waals surface area contributed by atoms with Gasteiger partial charge in [0.1, 0.15) is 6.67 Å². The van der Waals surface area contributed by atoms with E-state index in [2.05, 4.69) is 24.9 Å². The third-order valence-corrected chi connectivity index (χ3v) is 4.74. The Morgan fingerprint density at radius 2 is 1.92 bits per heavy atom. The maximum Gasteiger partial charge on any atom is 0.438 e. The maximum atomic E-state index is 12.0. The van der Waals surface area contributed by atoms with Crippen LogP contribution in [0.1, 0.15) is 0 Å². The van der Waals surface area contributed by atoms with Gasteiger partial charge in [-0.1, -0.05) is 6.07 Å². The van der Waals surface area contributed by atoms with Gasteiger partial charge < -0.3 is 9.32 Å². The Bertz CT molecular complexity index is 836. The van der Waals surface area contributed by atoms with E-state index in [1.807, 2.05) is 23.6 Å². The summed E-state index contributed by atoms with van der Waals surface area (Å²) in [5.41, 5.74) is 0. The molecule has 9 heteroatoms. The van der Waals surface area contributed by atoms with E-state index in [0.29, 0.717) is 12.6 Å². The Morgan fingerprint density at radius 1 is 1.12 bits per heavy atom. The second-order valence-electron chi connectivity index (χ2n) is 5.45. The molecule has 0 spiro atoms. The van der Waals surface area contributed by atoms with Gasteiger partial charge in [0.05, 0.1) is 4.88 Å². The average molecular weight is 344 g/mol. The van der Waals surface area contributed by atoms with Gasteiger partial charge in [0, 0.05) is 38.6 Å². The number of thiophene rings is 1. The third-order valence-electron chi connectivity index (χ3n) is 3.88. The first-order valence-corrected chi connectivity index (χ1v) is 8.54. The first-order chi connectivity index (χ1) is 11.8. The van der Waals surface area contributed by atoms with Crippen molar-refractivity contribution < 1.29 is 4.42 Å². The van der Waals surface area contributed by atoms with Gasteiger partial charge in [-0.15, -0.1) is 16.4 Å². The van der Waals surface area contributed by atoms with Crippen LogP contribution < -0.4 is 10.7 Å². The molecule has 24 heavy (non-hydrogen) atoms. The van der Waals surface area contributed by atoms with Gasteiger partial charge in [-0.3, -0.25) is 4.90 Å². The Morgan fingerprint density at radius 3 is 2.62 bits per heavy atom. The lowest BCUT2D eigenvalue weighted by Gasteiger charge is -2.34. The van der Waals surface area contributed by atoms with Crippen molar-refractivity contribution in [3.05, 3.63) is 46.5 Å². The van der Waals surface area contributed by atoms with Crippen molar-refractivity contribution in [1.82, 2.24) is 24.6 Å². The number of hydrogen-bond acceptors (Lipinski definition) is 8. The van der Waals surface area contributed by atoms with Crippen molar-refractivity contribution in [2.75, 3.05) is 31.1 Å². The normalized spacial score (nSPS) is 15.8. The van der Waals surface area contributed by atoms with Crippen molar-refractivity contribution >= 4 is 17.3 Å². The Hall–Kier alpha value is -2.52. The predicted molar refractivity (Wildman–Crippen MR) is 89.9 cm³/mol. The lowest BCUT2D eigenvalue weighted by molar-refractivity contribution is 0.189. The minimum absolute atomic E-state index is 0.381. The van der Waals surface area contributed by atoms with E-state index < -0.39 is 5.76 Å². The van der Waals surface area contributed by atoms with Crippen LogP contribution in [-0.4, -0.2) is 50.8 Å². The summed E-state index contributed by atoms with van der Waals surface area (Å²) in [5.74, 6) is 0.703. The molecule has 0 N–H and O–H groups in total. The van der Waals surface area contributed by atoms with E-state index in [9.17, 15) is 4.79 Å². The first-order valence-electron chi connectivity index (χ1n) is 7.66. The Kier molecular flexibility index (Phi) is 4.09. The molecule has 3 aromatic heterocycles. The summed E-state index contributed by atoms with van der Waals surface area (Å²) < 4.78 is 6.62. The summed E-state index contributed by atoms with van der Waals surface area (Å²) in [5, 5.41) is 6.22. The SMILES string of the molecule is O=c1oc(-c2cccs2)nn1CN1CCN(c2ncccn2)CC1. The summed E-state index contributed by atoms with van der Waals surface area (Å²) in [7, 11) is 0. The predicted octanol–water partition coefficient (Wildman–Crippen LogP) is 1.13. The van der Waals surface area contributed by atoms with Crippen LogP contribution in [0, 0.1) is 0 Å². The topological polar surface area (TPSA) is 80.3 Å². The van der Waals surface area contributed by atoms with E-state index in [1.54, 1.807) is 12.4 Å². The van der Waals surface area contributed by atoms with Gasteiger partial charge in [-0.2, -0.15) is 4.68 Å². The zero-order valence-corrected chi connectivity index (χ0v) is 13.7. The number of anilines is 1. The second kappa shape index (κ2) is 6.54. The fraction of sp³-hybridized carbons (Fsp3) is 0.333. The van der Waals surface area contributed by atoms with Crippen LogP contribution in [0.3, 0.4) is 0 Å². The molecule has 0 amide bonds. The fourth-order valence-corrected chi connectivity index (χ4v) is 3.27.